The molecule has 3 atom stereocenters. The third-order valence-electron chi connectivity index (χ3n) is 4.90. The van der Waals surface area contributed by atoms with Gasteiger partial charge in [0.15, 0.2) is 6.10 Å². The maximum atomic E-state index is 12.4. The number of hydrogen-bond donors (Lipinski definition) is 3. The largest absolute Gasteiger partial charge is 0.481 e. The smallest absolute Gasteiger partial charge is 0.307 e. The maximum Gasteiger partial charge on any atom is 0.307 e. The molecule has 0 saturated carbocycles. The van der Waals surface area contributed by atoms with E-state index in [9.17, 15) is 19.5 Å². The Balaban J connectivity index is 1.93. The van der Waals surface area contributed by atoms with Crippen LogP contribution in [0.5, 0.6) is 5.75 Å². The molecule has 0 aliphatic heterocycles. The van der Waals surface area contributed by atoms with E-state index in [0.29, 0.717) is 18.6 Å². The van der Waals surface area contributed by atoms with E-state index in [-0.39, 0.29) is 0 Å². The molecule has 0 heterocycles. The van der Waals surface area contributed by atoms with Crippen LogP contribution in [0.3, 0.4) is 0 Å². The molecule has 7 heteroatoms. The van der Waals surface area contributed by atoms with Crippen molar-refractivity contribution in [3.8, 4) is 5.75 Å². The van der Waals surface area contributed by atoms with Crippen molar-refractivity contribution < 1.29 is 24.2 Å². The van der Waals surface area contributed by atoms with Crippen molar-refractivity contribution >= 4 is 17.8 Å². The van der Waals surface area contributed by atoms with Gasteiger partial charge in [0.05, 0.1) is 11.8 Å². The Morgan fingerprint density at radius 2 is 1.70 bits per heavy atom. The van der Waals surface area contributed by atoms with Crippen molar-refractivity contribution in [1.29, 1.82) is 0 Å². The molecule has 7 nitrogen and oxygen atoms in total. The van der Waals surface area contributed by atoms with Gasteiger partial charge in [-0.1, -0.05) is 23.3 Å². The average Bonchev–Trinajstić information content (AvgIpc) is 2.61. The van der Waals surface area contributed by atoms with Gasteiger partial charge in [0.2, 0.25) is 5.91 Å². The van der Waals surface area contributed by atoms with Gasteiger partial charge in [0, 0.05) is 0 Å². The van der Waals surface area contributed by atoms with E-state index in [1.807, 2.05) is 32.9 Å². The minimum atomic E-state index is -1.01. The zero-order chi connectivity index (χ0) is 20.1. The van der Waals surface area contributed by atoms with Crippen LogP contribution in [0.1, 0.15) is 39.2 Å². The molecule has 1 aromatic carbocycles. The van der Waals surface area contributed by atoms with Crippen LogP contribution in [0.2, 0.25) is 0 Å². The molecule has 2 amide bonds. The zero-order valence-electron chi connectivity index (χ0n) is 16.0. The summed E-state index contributed by atoms with van der Waals surface area (Å²) in [6.45, 7) is 7.26. The third-order valence-corrected chi connectivity index (χ3v) is 4.90. The maximum absolute atomic E-state index is 12.4. The van der Waals surface area contributed by atoms with Crippen LogP contribution in [-0.4, -0.2) is 29.0 Å². The lowest BCUT2D eigenvalue weighted by Gasteiger charge is -2.29. The highest BCUT2D eigenvalue weighted by Crippen LogP contribution is 2.34. The number of ether oxygens (including phenoxy) is 1. The number of carboxylic acids is 1. The van der Waals surface area contributed by atoms with Crippen molar-refractivity contribution in [2.45, 2.75) is 46.6 Å². The van der Waals surface area contributed by atoms with Crippen molar-refractivity contribution in [3.63, 3.8) is 0 Å². The number of rotatable bonds is 5. The molecule has 27 heavy (non-hydrogen) atoms. The highest BCUT2D eigenvalue weighted by Gasteiger charge is 2.37. The van der Waals surface area contributed by atoms with Gasteiger partial charge in [-0.2, -0.15) is 0 Å². The van der Waals surface area contributed by atoms with Gasteiger partial charge in [0.25, 0.3) is 5.91 Å². The first-order valence-electron chi connectivity index (χ1n) is 8.90. The van der Waals surface area contributed by atoms with Crippen LogP contribution in [0.4, 0.5) is 0 Å². The molecule has 1 aliphatic rings. The van der Waals surface area contributed by atoms with E-state index in [0.717, 1.165) is 16.7 Å². The first kappa shape index (κ1) is 20.5. The summed E-state index contributed by atoms with van der Waals surface area (Å²) in [5, 5.41) is 9.40. The Morgan fingerprint density at radius 3 is 2.30 bits per heavy atom. The third kappa shape index (κ3) is 5.32. The fourth-order valence-electron chi connectivity index (χ4n) is 3.09. The molecule has 1 aliphatic carbocycles. The topological polar surface area (TPSA) is 105 Å². The first-order chi connectivity index (χ1) is 12.7. The summed E-state index contributed by atoms with van der Waals surface area (Å²) in [4.78, 5) is 36.1. The van der Waals surface area contributed by atoms with Gasteiger partial charge in [-0.25, -0.2) is 0 Å². The normalized spacial score (nSPS) is 20.6. The van der Waals surface area contributed by atoms with E-state index in [1.54, 1.807) is 19.1 Å². The molecule has 0 fully saturated rings. The summed E-state index contributed by atoms with van der Waals surface area (Å²) < 4.78 is 5.56. The van der Waals surface area contributed by atoms with Crippen LogP contribution in [0, 0.1) is 18.8 Å². The molecular weight excluding hydrogens is 348 g/mol. The van der Waals surface area contributed by atoms with Crippen molar-refractivity contribution in [2.75, 3.05) is 0 Å². The predicted molar refractivity (Wildman–Crippen MR) is 99.8 cm³/mol. The second-order valence-electron chi connectivity index (χ2n) is 7.08. The summed E-state index contributed by atoms with van der Waals surface area (Å²) in [7, 11) is 0. The molecule has 0 radical (unpaired) electrons. The summed E-state index contributed by atoms with van der Waals surface area (Å²) in [6, 6.07) is 7.29. The summed E-state index contributed by atoms with van der Waals surface area (Å²) >= 11 is 0. The van der Waals surface area contributed by atoms with Crippen LogP contribution < -0.4 is 15.6 Å². The lowest BCUT2D eigenvalue weighted by atomic mass is 9.76. The minimum absolute atomic E-state index is 0.333. The number of aryl methyl sites for hydroxylation is 1. The van der Waals surface area contributed by atoms with Crippen LogP contribution >= 0.6 is 0 Å². The Kier molecular flexibility index (Phi) is 6.60. The Labute approximate surface area is 158 Å². The Hall–Kier alpha value is -2.83. The number of benzene rings is 1. The van der Waals surface area contributed by atoms with E-state index in [1.165, 1.54) is 0 Å². The van der Waals surface area contributed by atoms with Crippen molar-refractivity contribution in [2.24, 2.45) is 11.8 Å². The fraction of sp³-hybridized carbons (Fsp3) is 0.450. The van der Waals surface area contributed by atoms with Crippen LogP contribution in [0.15, 0.2) is 35.4 Å². The molecular formula is C20H26N2O5. The Morgan fingerprint density at radius 1 is 1.07 bits per heavy atom. The lowest BCUT2D eigenvalue weighted by Crippen LogP contribution is -2.51. The zero-order valence-corrected chi connectivity index (χ0v) is 16.0. The molecule has 0 bridgehead atoms. The van der Waals surface area contributed by atoms with E-state index >= 15 is 0 Å². The number of nitrogens with one attached hydrogen (secondary N) is 2. The summed E-state index contributed by atoms with van der Waals surface area (Å²) in [6.07, 6.45) is -0.127. The van der Waals surface area contributed by atoms with Crippen molar-refractivity contribution in [3.05, 3.63) is 41.0 Å². The standard InChI is InChI=1S/C20H26N2O5/c1-11-6-5-7-15(8-11)27-14(4)18(23)21-22-19(24)16-9-12(2)13(3)10-17(16)20(25)26/h5-8,14,16-17H,9-10H2,1-4H3,(H,21,23)(H,22,24)(H,25,26)/t14-,16-,17+/m0/s1. The number of hydrazine groups is 1. The van der Waals surface area contributed by atoms with E-state index < -0.39 is 35.7 Å². The molecule has 3 N–H and O–H groups in total. The quantitative estimate of drug-likeness (QED) is 0.542. The average molecular weight is 374 g/mol. The van der Waals surface area contributed by atoms with Crippen LogP contribution in [0.25, 0.3) is 0 Å². The second kappa shape index (κ2) is 8.70. The van der Waals surface area contributed by atoms with Crippen LogP contribution in [-0.2, 0) is 14.4 Å². The number of aliphatic carboxylic acids is 1. The second-order valence-corrected chi connectivity index (χ2v) is 7.08. The SMILES string of the molecule is CC1=C(C)C[C@@H](C(=O)O)[C@@H](C(=O)NNC(=O)[C@H](C)Oc2cccc(C)c2)C1. The predicted octanol–water partition coefficient (Wildman–Crippen LogP) is 2.36. The Bertz CT molecular complexity index is 771. The number of amides is 2. The highest BCUT2D eigenvalue weighted by atomic mass is 16.5. The summed E-state index contributed by atoms with van der Waals surface area (Å²) in [5.74, 6) is -3.00. The fourth-order valence-corrected chi connectivity index (χ4v) is 3.09. The minimum Gasteiger partial charge on any atom is -0.481 e. The molecule has 146 valence electrons. The van der Waals surface area contributed by atoms with Crippen molar-refractivity contribution in [1.82, 2.24) is 10.9 Å². The molecule has 0 aromatic heterocycles. The van der Waals surface area contributed by atoms with Gasteiger partial charge in [0.1, 0.15) is 5.75 Å². The van der Waals surface area contributed by atoms with Gasteiger partial charge in [-0.3, -0.25) is 25.2 Å². The lowest BCUT2D eigenvalue weighted by molar-refractivity contribution is -0.148. The van der Waals surface area contributed by atoms with Gasteiger partial charge < -0.3 is 9.84 Å². The van der Waals surface area contributed by atoms with Gasteiger partial charge >= 0.3 is 5.97 Å². The monoisotopic (exact) mass is 374 g/mol. The van der Waals surface area contributed by atoms with E-state index in [4.69, 9.17) is 4.74 Å². The van der Waals surface area contributed by atoms with Gasteiger partial charge in [-0.15, -0.1) is 0 Å². The number of carbonyl (C=O) groups excluding carboxylic acids is 2. The first-order valence-corrected chi connectivity index (χ1v) is 8.90. The number of carboxylic acid groups (broad SMARTS) is 1. The van der Waals surface area contributed by atoms with E-state index in [2.05, 4.69) is 10.9 Å². The number of hydrogen-bond acceptors (Lipinski definition) is 4. The molecule has 2 rings (SSSR count). The number of carbonyl (C=O) groups is 3. The molecule has 0 saturated heterocycles. The molecule has 0 unspecified atom stereocenters. The molecule has 0 spiro atoms. The highest BCUT2D eigenvalue weighted by molar-refractivity contribution is 5.88. The summed E-state index contributed by atoms with van der Waals surface area (Å²) in [5.41, 5.74) is 7.68. The molecule has 1 aromatic rings. The number of allylic oxidation sites excluding steroid dienone is 2. The van der Waals surface area contributed by atoms with Gasteiger partial charge in [-0.05, 0) is 58.2 Å².